The normalized spacial score (nSPS) is 11.4. The maximum Gasteiger partial charge on any atom is 0.225 e. The van der Waals surface area contributed by atoms with Crippen LogP contribution in [0.1, 0.15) is 51.3 Å². The molecular formula is C14H20Cl2N4. The maximum absolute atomic E-state index is 6.17. The minimum absolute atomic E-state index is 0.145. The number of hydrogen-bond acceptors (Lipinski definition) is 3. The molecule has 2 heterocycles. The van der Waals surface area contributed by atoms with Crippen molar-refractivity contribution in [2.45, 2.75) is 58.9 Å². The summed E-state index contributed by atoms with van der Waals surface area (Å²) in [5, 5.41) is 0.526. The van der Waals surface area contributed by atoms with Gasteiger partial charge in [0.2, 0.25) is 5.28 Å². The largest absolute Gasteiger partial charge is 0.324 e. The lowest BCUT2D eigenvalue weighted by atomic mass is 10.1. The van der Waals surface area contributed by atoms with Crippen LogP contribution in [0.2, 0.25) is 10.4 Å². The molecule has 0 aliphatic carbocycles. The van der Waals surface area contributed by atoms with Crippen molar-refractivity contribution in [3.8, 4) is 0 Å². The Balaban J connectivity index is 2.04. The van der Waals surface area contributed by atoms with Crippen molar-refractivity contribution in [1.29, 1.82) is 0 Å². The van der Waals surface area contributed by atoms with Gasteiger partial charge in [-0.3, -0.25) is 0 Å². The molecule has 0 unspecified atom stereocenters. The summed E-state index contributed by atoms with van der Waals surface area (Å²) in [5.41, 5.74) is 1.38. The Hall–Kier alpha value is -0.870. The van der Waals surface area contributed by atoms with Gasteiger partial charge in [0.05, 0.1) is 0 Å². The Labute approximate surface area is 129 Å². The van der Waals surface area contributed by atoms with E-state index in [1.54, 1.807) is 0 Å². The lowest BCUT2D eigenvalue weighted by Gasteiger charge is -2.07. The van der Waals surface area contributed by atoms with E-state index in [1.165, 1.54) is 32.1 Å². The van der Waals surface area contributed by atoms with E-state index in [0.717, 1.165) is 24.3 Å². The van der Waals surface area contributed by atoms with Crippen LogP contribution in [-0.2, 0) is 6.54 Å². The molecule has 2 aromatic rings. The topological polar surface area (TPSA) is 43.6 Å². The Bertz CT molecular complexity index is 580. The van der Waals surface area contributed by atoms with Gasteiger partial charge < -0.3 is 4.57 Å². The molecule has 0 aromatic carbocycles. The van der Waals surface area contributed by atoms with Gasteiger partial charge >= 0.3 is 0 Å². The first kappa shape index (κ1) is 15.5. The monoisotopic (exact) mass is 314 g/mol. The fourth-order valence-electron chi connectivity index (χ4n) is 2.40. The van der Waals surface area contributed by atoms with Gasteiger partial charge in [-0.15, -0.1) is 0 Å². The SMILES string of the molecule is CCCCCCCCn1c(C)nc2nc(Cl)nc(Cl)c21. The number of aromatic nitrogens is 4. The maximum atomic E-state index is 6.17. The standard InChI is InChI=1S/C14H20Cl2N4/c1-3-4-5-6-7-8-9-20-10(2)17-13-11(20)12(15)18-14(16)19-13/h3-9H2,1-2H3. The van der Waals surface area contributed by atoms with Crippen LogP contribution in [0.15, 0.2) is 0 Å². The van der Waals surface area contributed by atoms with E-state index in [4.69, 9.17) is 23.2 Å². The van der Waals surface area contributed by atoms with Crippen molar-refractivity contribution in [2.24, 2.45) is 0 Å². The molecule has 20 heavy (non-hydrogen) atoms. The van der Waals surface area contributed by atoms with Crippen molar-refractivity contribution in [3.63, 3.8) is 0 Å². The summed E-state index contributed by atoms with van der Waals surface area (Å²) < 4.78 is 2.09. The summed E-state index contributed by atoms with van der Waals surface area (Å²) in [6.45, 7) is 5.09. The van der Waals surface area contributed by atoms with Crippen LogP contribution in [0.4, 0.5) is 0 Å². The molecule has 0 aliphatic heterocycles. The number of halogens is 2. The lowest BCUT2D eigenvalue weighted by Crippen LogP contribution is -2.01. The van der Waals surface area contributed by atoms with Crippen LogP contribution in [0.25, 0.3) is 11.2 Å². The minimum atomic E-state index is 0.145. The van der Waals surface area contributed by atoms with Crippen molar-refractivity contribution in [2.75, 3.05) is 0 Å². The number of imidazole rings is 1. The number of rotatable bonds is 7. The fraction of sp³-hybridized carbons (Fsp3) is 0.643. The quantitative estimate of drug-likeness (QED) is 0.419. The fourth-order valence-corrected chi connectivity index (χ4v) is 2.88. The zero-order valence-electron chi connectivity index (χ0n) is 12.0. The predicted molar refractivity (Wildman–Crippen MR) is 83.5 cm³/mol. The highest BCUT2D eigenvalue weighted by Gasteiger charge is 2.14. The molecule has 0 radical (unpaired) electrons. The van der Waals surface area contributed by atoms with Crippen LogP contribution >= 0.6 is 23.2 Å². The first-order chi connectivity index (χ1) is 9.63. The smallest absolute Gasteiger partial charge is 0.225 e. The van der Waals surface area contributed by atoms with Crippen LogP contribution in [-0.4, -0.2) is 19.5 Å². The molecule has 0 spiro atoms. The first-order valence-corrected chi connectivity index (χ1v) is 7.95. The van der Waals surface area contributed by atoms with Crippen LogP contribution in [0, 0.1) is 6.92 Å². The number of aryl methyl sites for hydroxylation is 2. The van der Waals surface area contributed by atoms with Gasteiger partial charge in [-0.25, -0.2) is 9.97 Å². The summed E-state index contributed by atoms with van der Waals surface area (Å²) in [6, 6.07) is 0. The first-order valence-electron chi connectivity index (χ1n) is 7.19. The Morgan fingerprint density at radius 3 is 2.40 bits per heavy atom. The van der Waals surface area contributed by atoms with Crippen molar-refractivity contribution >= 4 is 34.4 Å². The average molecular weight is 315 g/mol. The molecule has 0 aliphatic rings. The number of fused-ring (bicyclic) bond motifs is 1. The molecule has 6 heteroatoms. The van der Waals surface area contributed by atoms with Crippen LogP contribution < -0.4 is 0 Å². The van der Waals surface area contributed by atoms with Crippen molar-refractivity contribution in [3.05, 3.63) is 16.3 Å². The molecule has 0 saturated heterocycles. The van der Waals surface area contributed by atoms with Crippen molar-refractivity contribution in [1.82, 2.24) is 19.5 Å². The van der Waals surface area contributed by atoms with Gasteiger partial charge in [0, 0.05) is 6.54 Å². The molecule has 0 atom stereocenters. The summed E-state index contributed by atoms with van der Waals surface area (Å²) in [6.07, 6.45) is 7.56. The third-order valence-electron chi connectivity index (χ3n) is 3.46. The van der Waals surface area contributed by atoms with Gasteiger partial charge in [-0.05, 0) is 24.9 Å². The van der Waals surface area contributed by atoms with Crippen molar-refractivity contribution < 1.29 is 0 Å². The summed E-state index contributed by atoms with van der Waals surface area (Å²) in [7, 11) is 0. The molecule has 4 nitrogen and oxygen atoms in total. The van der Waals surface area contributed by atoms with E-state index < -0.39 is 0 Å². The second kappa shape index (κ2) is 7.23. The van der Waals surface area contributed by atoms with Gasteiger partial charge in [0.1, 0.15) is 11.3 Å². The molecule has 2 aromatic heterocycles. The third-order valence-corrected chi connectivity index (χ3v) is 3.89. The molecular weight excluding hydrogens is 295 g/mol. The number of hydrogen-bond donors (Lipinski definition) is 0. The molecule has 0 N–H and O–H groups in total. The van der Waals surface area contributed by atoms with E-state index in [-0.39, 0.29) is 5.28 Å². The predicted octanol–water partition coefficient (Wildman–Crippen LogP) is 4.80. The Kier molecular flexibility index (Phi) is 5.61. The Morgan fingerprint density at radius 1 is 0.950 bits per heavy atom. The van der Waals surface area contributed by atoms with E-state index in [1.807, 2.05) is 6.92 Å². The lowest BCUT2D eigenvalue weighted by molar-refractivity contribution is 0.558. The number of unbranched alkanes of at least 4 members (excludes halogenated alkanes) is 5. The van der Waals surface area contributed by atoms with E-state index in [0.29, 0.717) is 10.8 Å². The van der Waals surface area contributed by atoms with E-state index >= 15 is 0 Å². The van der Waals surface area contributed by atoms with Gasteiger partial charge in [0.15, 0.2) is 10.8 Å². The zero-order chi connectivity index (χ0) is 14.5. The summed E-state index contributed by atoms with van der Waals surface area (Å²) in [5.74, 6) is 0.909. The highest BCUT2D eigenvalue weighted by atomic mass is 35.5. The van der Waals surface area contributed by atoms with Gasteiger partial charge in [0.25, 0.3) is 0 Å². The van der Waals surface area contributed by atoms with Crippen LogP contribution in [0.3, 0.4) is 0 Å². The third kappa shape index (κ3) is 3.61. The molecule has 0 amide bonds. The summed E-state index contributed by atoms with van der Waals surface area (Å²) in [4.78, 5) is 12.5. The Morgan fingerprint density at radius 2 is 1.65 bits per heavy atom. The molecule has 0 bridgehead atoms. The molecule has 2 rings (SSSR count). The summed E-state index contributed by atoms with van der Waals surface area (Å²) >= 11 is 12.0. The van der Waals surface area contributed by atoms with Crippen LogP contribution in [0.5, 0.6) is 0 Å². The average Bonchev–Trinajstić information content (AvgIpc) is 2.69. The molecule has 0 saturated carbocycles. The highest BCUT2D eigenvalue weighted by molar-refractivity contribution is 6.35. The highest BCUT2D eigenvalue weighted by Crippen LogP contribution is 2.23. The van der Waals surface area contributed by atoms with E-state index in [9.17, 15) is 0 Å². The minimum Gasteiger partial charge on any atom is -0.324 e. The molecule has 0 fully saturated rings. The van der Waals surface area contributed by atoms with Gasteiger partial charge in [-0.1, -0.05) is 50.6 Å². The second-order valence-corrected chi connectivity index (χ2v) is 5.73. The zero-order valence-corrected chi connectivity index (χ0v) is 13.5. The van der Waals surface area contributed by atoms with E-state index in [2.05, 4.69) is 26.4 Å². The molecule has 110 valence electrons. The second-order valence-electron chi connectivity index (χ2n) is 5.03. The van der Waals surface area contributed by atoms with Gasteiger partial charge in [-0.2, -0.15) is 4.98 Å². The number of nitrogens with zero attached hydrogens (tertiary/aromatic N) is 4.